The van der Waals surface area contributed by atoms with E-state index in [9.17, 15) is 18.0 Å². The van der Waals surface area contributed by atoms with Gasteiger partial charge in [-0.1, -0.05) is 17.7 Å². The molecule has 0 aliphatic rings. The maximum absolute atomic E-state index is 12.8. The van der Waals surface area contributed by atoms with E-state index < -0.39 is 17.6 Å². The molecule has 0 atom stereocenters. The summed E-state index contributed by atoms with van der Waals surface area (Å²) in [6.07, 6.45) is -3.82. The Morgan fingerprint density at radius 3 is 2.56 bits per heavy atom. The van der Waals surface area contributed by atoms with Crippen molar-refractivity contribution in [3.05, 3.63) is 57.7 Å². The molecule has 0 aliphatic carbocycles. The van der Waals surface area contributed by atoms with Crippen molar-refractivity contribution >= 4 is 11.6 Å². The van der Waals surface area contributed by atoms with Gasteiger partial charge in [0.2, 0.25) is 0 Å². The van der Waals surface area contributed by atoms with Crippen LogP contribution in [0, 0.1) is 0 Å². The molecule has 2 rings (SSSR count). The Hall–Kier alpha value is -1.82. The van der Waals surface area contributed by atoms with Gasteiger partial charge in [-0.3, -0.25) is 4.57 Å². The zero-order valence-electron chi connectivity index (χ0n) is 8.78. The van der Waals surface area contributed by atoms with Gasteiger partial charge in [-0.05, 0) is 24.3 Å². The Labute approximate surface area is 104 Å². The normalized spacial score (nSPS) is 11.6. The van der Waals surface area contributed by atoms with E-state index >= 15 is 0 Å². The molecular weight excluding hydrogens is 269 g/mol. The highest BCUT2D eigenvalue weighted by molar-refractivity contribution is 6.30. The second-order valence-corrected chi connectivity index (χ2v) is 3.86. The molecule has 1 heterocycles. The van der Waals surface area contributed by atoms with Crippen LogP contribution in [0.2, 0.25) is 5.02 Å². The van der Waals surface area contributed by atoms with Gasteiger partial charge < -0.3 is 0 Å². The minimum atomic E-state index is -4.65. The average Bonchev–Trinajstić information content (AvgIpc) is 2.27. The number of aromatic nitrogens is 2. The molecule has 0 bridgehead atoms. The van der Waals surface area contributed by atoms with Gasteiger partial charge >= 0.3 is 11.9 Å². The van der Waals surface area contributed by atoms with E-state index in [0.717, 1.165) is 12.3 Å². The number of hydrogen-bond donors (Lipinski definition) is 0. The molecule has 0 fully saturated rings. The first-order valence-electron chi connectivity index (χ1n) is 4.81. The summed E-state index contributed by atoms with van der Waals surface area (Å²) in [7, 11) is 0. The van der Waals surface area contributed by atoms with Crippen LogP contribution in [0.1, 0.15) is 5.69 Å². The number of rotatable bonds is 1. The first-order valence-corrected chi connectivity index (χ1v) is 5.18. The zero-order valence-corrected chi connectivity index (χ0v) is 9.53. The maximum Gasteiger partial charge on any atom is 0.431 e. The molecule has 7 heteroatoms. The number of halogens is 4. The molecule has 0 saturated carbocycles. The van der Waals surface area contributed by atoms with E-state index in [1.54, 1.807) is 0 Å². The Morgan fingerprint density at radius 1 is 1.22 bits per heavy atom. The number of alkyl halides is 3. The molecule has 0 spiro atoms. The molecule has 3 nitrogen and oxygen atoms in total. The highest BCUT2D eigenvalue weighted by Gasteiger charge is 2.34. The van der Waals surface area contributed by atoms with Gasteiger partial charge in [0.15, 0.2) is 0 Å². The number of nitrogens with zero attached hydrogens (tertiary/aromatic N) is 2. The van der Waals surface area contributed by atoms with Crippen molar-refractivity contribution in [1.29, 1.82) is 0 Å². The maximum atomic E-state index is 12.8. The number of hydrogen-bond acceptors (Lipinski definition) is 2. The van der Waals surface area contributed by atoms with Crippen LogP contribution in [-0.4, -0.2) is 9.55 Å². The summed E-state index contributed by atoms with van der Waals surface area (Å²) >= 11 is 5.70. The highest BCUT2D eigenvalue weighted by atomic mass is 35.5. The van der Waals surface area contributed by atoms with Crippen LogP contribution in [0.4, 0.5) is 13.2 Å². The van der Waals surface area contributed by atoms with Gasteiger partial charge in [-0.25, -0.2) is 9.78 Å². The third-order valence-electron chi connectivity index (χ3n) is 2.21. The van der Waals surface area contributed by atoms with Gasteiger partial charge in [-0.15, -0.1) is 0 Å². The second-order valence-electron chi connectivity index (χ2n) is 3.43. The van der Waals surface area contributed by atoms with Crippen molar-refractivity contribution in [2.24, 2.45) is 0 Å². The van der Waals surface area contributed by atoms with Gasteiger partial charge in [0.25, 0.3) is 0 Å². The van der Waals surface area contributed by atoms with Crippen LogP contribution in [-0.2, 0) is 6.18 Å². The van der Waals surface area contributed by atoms with Crippen LogP contribution >= 0.6 is 11.6 Å². The van der Waals surface area contributed by atoms with Crippen molar-refractivity contribution in [3.8, 4) is 5.69 Å². The van der Waals surface area contributed by atoms with Gasteiger partial charge in [0.05, 0.1) is 5.69 Å². The lowest BCUT2D eigenvalue weighted by molar-refractivity contribution is -0.143. The van der Waals surface area contributed by atoms with Crippen LogP contribution < -0.4 is 5.69 Å². The van der Waals surface area contributed by atoms with E-state index in [-0.39, 0.29) is 10.7 Å². The van der Waals surface area contributed by atoms with Crippen molar-refractivity contribution < 1.29 is 13.2 Å². The third-order valence-corrected chi connectivity index (χ3v) is 2.44. The SMILES string of the molecule is O=c1nccc(C(F)(F)F)n1-c1cccc(Cl)c1. The largest absolute Gasteiger partial charge is 0.431 e. The fraction of sp³-hybridized carbons (Fsp3) is 0.0909. The summed E-state index contributed by atoms with van der Waals surface area (Å²) in [5, 5.41) is 0.233. The predicted octanol–water partition coefficient (Wildman–Crippen LogP) is 2.90. The highest BCUT2D eigenvalue weighted by Crippen LogP contribution is 2.29. The lowest BCUT2D eigenvalue weighted by atomic mass is 10.3. The minimum absolute atomic E-state index is 0.0212. The van der Waals surface area contributed by atoms with Gasteiger partial charge in [0, 0.05) is 11.2 Å². The standard InChI is InChI=1S/C11H6ClF3N2O/c12-7-2-1-3-8(6-7)17-9(11(13,14)15)4-5-16-10(17)18/h1-6H. The molecule has 0 radical (unpaired) electrons. The van der Waals surface area contributed by atoms with Crippen LogP contribution in [0.25, 0.3) is 5.69 Å². The van der Waals surface area contributed by atoms with Crippen LogP contribution in [0.5, 0.6) is 0 Å². The van der Waals surface area contributed by atoms with Gasteiger partial charge in [-0.2, -0.15) is 13.2 Å². The Bertz CT molecular complexity index is 637. The van der Waals surface area contributed by atoms with E-state index in [0.29, 0.717) is 4.57 Å². The first kappa shape index (κ1) is 12.6. The summed E-state index contributed by atoms with van der Waals surface area (Å²) in [6.45, 7) is 0. The quantitative estimate of drug-likeness (QED) is 0.801. The Morgan fingerprint density at radius 2 is 1.94 bits per heavy atom. The summed E-state index contributed by atoms with van der Waals surface area (Å²) in [5.74, 6) is 0. The van der Waals surface area contributed by atoms with E-state index in [2.05, 4.69) is 4.98 Å². The summed E-state index contributed by atoms with van der Waals surface area (Å²) < 4.78 is 38.9. The molecule has 1 aromatic carbocycles. The fourth-order valence-electron chi connectivity index (χ4n) is 1.49. The molecule has 0 saturated heterocycles. The van der Waals surface area contributed by atoms with Crippen molar-refractivity contribution in [2.45, 2.75) is 6.18 Å². The third kappa shape index (κ3) is 2.38. The van der Waals surface area contributed by atoms with Crippen LogP contribution in [0.15, 0.2) is 41.3 Å². The average molecular weight is 275 g/mol. The lowest BCUT2D eigenvalue weighted by Crippen LogP contribution is -2.28. The molecule has 0 amide bonds. The monoisotopic (exact) mass is 274 g/mol. The van der Waals surface area contributed by atoms with Crippen molar-refractivity contribution in [2.75, 3.05) is 0 Å². The molecule has 0 unspecified atom stereocenters. The predicted molar refractivity (Wildman–Crippen MR) is 59.8 cm³/mol. The molecular formula is C11H6ClF3N2O. The zero-order chi connectivity index (χ0) is 13.3. The molecule has 0 N–H and O–H groups in total. The van der Waals surface area contributed by atoms with Gasteiger partial charge in [0.1, 0.15) is 5.69 Å². The smallest absolute Gasteiger partial charge is 0.256 e. The summed E-state index contributed by atoms with van der Waals surface area (Å²) in [4.78, 5) is 14.8. The number of benzene rings is 1. The Balaban J connectivity index is 2.75. The molecule has 2 aromatic rings. The topological polar surface area (TPSA) is 34.9 Å². The summed E-state index contributed by atoms with van der Waals surface area (Å²) in [5.41, 5.74) is -2.08. The Kier molecular flexibility index (Phi) is 3.13. The second kappa shape index (κ2) is 4.45. The minimum Gasteiger partial charge on any atom is -0.256 e. The molecule has 94 valence electrons. The first-order chi connectivity index (χ1) is 8.39. The fourth-order valence-corrected chi connectivity index (χ4v) is 1.68. The van der Waals surface area contributed by atoms with E-state index in [1.807, 2.05) is 0 Å². The molecule has 0 aliphatic heterocycles. The molecule has 18 heavy (non-hydrogen) atoms. The van der Waals surface area contributed by atoms with E-state index in [4.69, 9.17) is 11.6 Å². The van der Waals surface area contributed by atoms with E-state index in [1.165, 1.54) is 24.3 Å². The molecule has 1 aromatic heterocycles. The summed E-state index contributed by atoms with van der Waals surface area (Å²) in [6, 6.07) is 6.31. The van der Waals surface area contributed by atoms with Crippen molar-refractivity contribution in [1.82, 2.24) is 9.55 Å². The van der Waals surface area contributed by atoms with Crippen molar-refractivity contribution in [3.63, 3.8) is 0 Å². The van der Waals surface area contributed by atoms with Crippen LogP contribution in [0.3, 0.4) is 0 Å². The lowest BCUT2D eigenvalue weighted by Gasteiger charge is -2.14.